The Bertz CT molecular complexity index is 1240. The molecule has 1 heterocycles. The zero-order valence-corrected chi connectivity index (χ0v) is 19.7. The number of carbonyl (C=O) groups is 3. The Morgan fingerprint density at radius 2 is 1.62 bits per heavy atom. The summed E-state index contributed by atoms with van der Waals surface area (Å²) >= 11 is 7.50. The van der Waals surface area contributed by atoms with Gasteiger partial charge in [-0.2, -0.15) is 0 Å². The number of ether oxygens (including phenoxy) is 1. The molecular weight excluding hydrogens is 474 g/mol. The summed E-state index contributed by atoms with van der Waals surface area (Å²) in [5.41, 5.74) is 1.39. The normalized spacial score (nSPS) is 14.3. The summed E-state index contributed by atoms with van der Waals surface area (Å²) < 4.78 is 5.08. The predicted molar refractivity (Wildman–Crippen MR) is 132 cm³/mol. The molecule has 0 aliphatic carbocycles. The maximum Gasteiger partial charge on any atom is 0.329 e. The van der Waals surface area contributed by atoms with Gasteiger partial charge in [-0.15, -0.1) is 0 Å². The first-order valence-corrected chi connectivity index (χ1v) is 11.4. The molecule has 1 fully saturated rings. The molecule has 4 rings (SSSR count). The third kappa shape index (κ3) is 5.78. The number of methoxy groups -OCH3 is 1. The summed E-state index contributed by atoms with van der Waals surface area (Å²) in [6.07, 6.45) is 1.58. The van der Waals surface area contributed by atoms with Gasteiger partial charge in [-0.3, -0.25) is 9.59 Å². The van der Waals surface area contributed by atoms with Crippen LogP contribution >= 0.6 is 23.4 Å². The first-order chi connectivity index (χ1) is 16.4. The summed E-state index contributed by atoms with van der Waals surface area (Å²) in [6, 6.07) is 21.2. The van der Waals surface area contributed by atoms with E-state index in [4.69, 9.17) is 16.3 Å². The fraction of sp³-hybridized carbons (Fsp3) is 0.0800. The highest BCUT2D eigenvalue weighted by Gasteiger charge is 2.34. The molecule has 0 saturated carbocycles. The summed E-state index contributed by atoms with van der Waals surface area (Å²) in [4.78, 5) is 40.3. The maximum atomic E-state index is 12.7. The number of amides is 4. The Morgan fingerprint density at radius 3 is 2.24 bits per heavy atom. The Labute approximate surface area is 205 Å². The van der Waals surface area contributed by atoms with Gasteiger partial charge in [0, 0.05) is 20.5 Å². The van der Waals surface area contributed by atoms with E-state index in [-0.39, 0.29) is 5.70 Å². The van der Waals surface area contributed by atoms with Crippen molar-refractivity contribution in [2.75, 3.05) is 19.0 Å². The molecule has 0 unspecified atom stereocenters. The molecule has 3 aromatic carbocycles. The summed E-state index contributed by atoms with van der Waals surface area (Å²) in [5.74, 6) is -0.397. The molecular formula is C25H20ClN3O4S. The van der Waals surface area contributed by atoms with Crippen LogP contribution in [0.1, 0.15) is 5.56 Å². The zero-order chi connectivity index (χ0) is 24.1. The van der Waals surface area contributed by atoms with E-state index in [1.54, 1.807) is 49.2 Å². The molecule has 4 amide bonds. The number of carbonyl (C=O) groups excluding carboxylic acids is 3. The van der Waals surface area contributed by atoms with Gasteiger partial charge in [-0.25, -0.2) is 9.69 Å². The highest BCUT2D eigenvalue weighted by molar-refractivity contribution is 7.99. The first kappa shape index (κ1) is 23.4. The van der Waals surface area contributed by atoms with Crippen LogP contribution in [0.15, 0.2) is 88.3 Å². The molecule has 0 bridgehead atoms. The lowest BCUT2D eigenvalue weighted by Gasteiger charge is -2.12. The second kappa shape index (κ2) is 10.5. The van der Waals surface area contributed by atoms with Crippen molar-refractivity contribution in [2.24, 2.45) is 0 Å². The smallest absolute Gasteiger partial charge is 0.329 e. The second-order valence-electron chi connectivity index (χ2n) is 7.28. The van der Waals surface area contributed by atoms with Crippen LogP contribution in [0.3, 0.4) is 0 Å². The van der Waals surface area contributed by atoms with Gasteiger partial charge in [0.2, 0.25) is 5.91 Å². The SMILES string of the molecule is COc1ccc(NC(=O)CN2C(=O)N/C(=C\c3ccc(Sc4ccc(Cl)cc4)cc3)C2=O)cc1. The van der Waals surface area contributed by atoms with Crippen molar-refractivity contribution in [1.82, 2.24) is 10.2 Å². The van der Waals surface area contributed by atoms with E-state index >= 15 is 0 Å². The van der Waals surface area contributed by atoms with Crippen molar-refractivity contribution in [2.45, 2.75) is 9.79 Å². The number of halogens is 1. The zero-order valence-electron chi connectivity index (χ0n) is 18.1. The van der Waals surface area contributed by atoms with Gasteiger partial charge in [0.05, 0.1) is 7.11 Å². The molecule has 1 aliphatic rings. The molecule has 1 aliphatic heterocycles. The standard InChI is InChI=1S/C25H20ClN3O4S/c1-33-19-8-6-18(7-9-19)27-23(30)15-29-24(31)22(28-25(29)32)14-16-2-10-20(11-3-16)34-21-12-4-17(26)5-13-21/h2-14H,15H2,1H3,(H,27,30)(H,28,32)/b22-14-. The van der Waals surface area contributed by atoms with Gasteiger partial charge in [0.1, 0.15) is 18.0 Å². The molecule has 2 N–H and O–H groups in total. The Kier molecular flexibility index (Phi) is 7.20. The lowest BCUT2D eigenvalue weighted by atomic mass is 10.2. The molecule has 0 spiro atoms. The van der Waals surface area contributed by atoms with Crippen molar-refractivity contribution in [3.05, 3.63) is 89.1 Å². The number of urea groups is 1. The molecule has 3 aromatic rings. The van der Waals surface area contributed by atoms with Crippen LogP contribution in [-0.4, -0.2) is 36.4 Å². The van der Waals surface area contributed by atoms with Gasteiger partial charge in [-0.1, -0.05) is 35.5 Å². The number of hydrogen-bond donors (Lipinski definition) is 2. The minimum absolute atomic E-state index is 0.111. The minimum Gasteiger partial charge on any atom is -0.497 e. The van der Waals surface area contributed by atoms with Crippen molar-refractivity contribution in [3.63, 3.8) is 0 Å². The average Bonchev–Trinajstić information content (AvgIpc) is 3.09. The fourth-order valence-electron chi connectivity index (χ4n) is 3.17. The van der Waals surface area contributed by atoms with E-state index in [9.17, 15) is 14.4 Å². The first-order valence-electron chi connectivity index (χ1n) is 10.2. The lowest BCUT2D eigenvalue weighted by Crippen LogP contribution is -2.38. The largest absolute Gasteiger partial charge is 0.497 e. The molecule has 0 aromatic heterocycles. The van der Waals surface area contributed by atoms with Crippen LogP contribution in [0.5, 0.6) is 5.75 Å². The summed E-state index contributed by atoms with van der Waals surface area (Å²) in [5, 5.41) is 5.87. The molecule has 9 heteroatoms. The number of benzene rings is 3. The molecule has 0 radical (unpaired) electrons. The van der Waals surface area contributed by atoms with Gasteiger partial charge in [-0.05, 0) is 72.3 Å². The number of nitrogens with one attached hydrogen (secondary N) is 2. The predicted octanol–water partition coefficient (Wildman–Crippen LogP) is 5.03. The van der Waals surface area contributed by atoms with Crippen LogP contribution in [0.25, 0.3) is 6.08 Å². The van der Waals surface area contributed by atoms with E-state index in [1.165, 1.54) is 0 Å². The van der Waals surface area contributed by atoms with Gasteiger partial charge in [0.25, 0.3) is 5.91 Å². The third-order valence-corrected chi connectivity index (χ3v) is 6.15. The van der Waals surface area contributed by atoms with Crippen molar-refractivity contribution >= 4 is 53.0 Å². The molecule has 1 saturated heterocycles. The molecule has 34 heavy (non-hydrogen) atoms. The van der Waals surface area contributed by atoms with E-state index in [0.29, 0.717) is 16.5 Å². The van der Waals surface area contributed by atoms with Crippen LogP contribution < -0.4 is 15.4 Å². The maximum absolute atomic E-state index is 12.7. The van der Waals surface area contributed by atoms with E-state index < -0.39 is 24.4 Å². The number of hydrogen-bond acceptors (Lipinski definition) is 5. The highest BCUT2D eigenvalue weighted by atomic mass is 35.5. The van der Waals surface area contributed by atoms with E-state index in [1.807, 2.05) is 48.5 Å². The Balaban J connectivity index is 1.37. The monoisotopic (exact) mass is 493 g/mol. The highest BCUT2D eigenvalue weighted by Crippen LogP contribution is 2.29. The summed E-state index contributed by atoms with van der Waals surface area (Å²) in [6.45, 7) is -0.398. The topological polar surface area (TPSA) is 87.7 Å². The quantitative estimate of drug-likeness (QED) is 0.356. The fourth-order valence-corrected chi connectivity index (χ4v) is 4.11. The van der Waals surface area contributed by atoms with Gasteiger partial charge >= 0.3 is 6.03 Å². The van der Waals surface area contributed by atoms with Crippen LogP contribution in [0, 0.1) is 0 Å². The van der Waals surface area contributed by atoms with E-state index in [2.05, 4.69) is 10.6 Å². The lowest BCUT2D eigenvalue weighted by molar-refractivity contribution is -0.127. The Morgan fingerprint density at radius 1 is 1.00 bits per heavy atom. The number of imide groups is 1. The van der Waals surface area contributed by atoms with E-state index in [0.717, 1.165) is 20.3 Å². The number of anilines is 1. The average molecular weight is 494 g/mol. The van der Waals surface area contributed by atoms with Crippen molar-refractivity contribution < 1.29 is 19.1 Å². The minimum atomic E-state index is -0.643. The Hall–Kier alpha value is -3.75. The summed E-state index contributed by atoms with van der Waals surface area (Å²) in [7, 11) is 1.55. The van der Waals surface area contributed by atoms with Crippen LogP contribution in [-0.2, 0) is 9.59 Å². The van der Waals surface area contributed by atoms with Gasteiger partial charge < -0.3 is 15.4 Å². The third-order valence-electron chi connectivity index (χ3n) is 4.88. The molecule has 172 valence electrons. The number of rotatable bonds is 7. The second-order valence-corrected chi connectivity index (χ2v) is 8.86. The van der Waals surface area contributed by atoms with Crippen molar-refractivity contribution in [1.29, 1.82) is 0 Å². The molecule has 0 atom stereocenters. The number of nitrogens with zero attached hydrogens (tertiary/aromatic N) is 1. The van der Waals surface area contributed by atoms with Gasteiger partial charge in [0.15, 0.2) is 0 Å². The van der Waals surface area contributed by atoms with Crippen LogP contribution in [0.2, 0.25) is 5.02 Å². The van der Waals surface area contributed by atoms with Crippen molar-refractivity contribution in [3.8, 4) is 5.75 Å². The molecule has 7 nitrogen and oxygen atoms in total. The van der Waals surface area contributed by atoms with Crippen LogP contribution in [0.4, 0.5) is 10.5 Å².